The third-order valence-electron chi connectivity index (χ3n) is 4.25. The van der Waals surface area contributed by atoms with Crippen molar-refractivity contribution in [1.29, 1.82) is 0 Å². The van der Waals surface area contributed by atoms with E-state index in [0.717, 1.165) is 22.0 Å². The second-order valence-corrected chi connectivity index (χ2v) is 8.34. The van der Waals surface area contributed by atoms with Crippen molar-refractivity contribution in [2.45, 2.75) is 26.1 Å². The number of hydrogen-bond acceptors (Lipinski definition) is 4. The summed E-state index contributed by atoms with van der Waals surface area (Å²) in [6, 6.07) is 5.08. The Morgan fingerprint density at radius 3 is 2.55 bits per heavy atom. The second-order valence-electron chi connectivity index (χ2n) is 7.02. The summed E-state index contributed by atoms with van der Waals surface area (Å²) >= 11 is 1.61. The van der Waals surface area contributed by atoms with Gasteiger partial charge < -0.3 is 15.1 Å². The molecule has 2 rings (SSSR count). The third-order valence-corrected chi connectivity index (χ3v) is 5.23. The lowest BCUT2D eigenvalue weighted by atomic mass is 10.1. The highest BCUT2D eigenvalue weighted by Gasteiger charge is 2.30. The molecule has 0 spiro atoms. The Bertz CT molecular complexity index is 886. The first-order valence-corrected chi connectivity index (χ1v) is 10.1. The lowest BCUT2D eigenvalue weighted by molar-refractivity contribution is -0.137. The van der Waals surface area contributed by atoms with Gasteiger partial charge in [0.2, 0.25) is 5.91 Å². The molecule has 0 atom stereocenters. The standard InChI is InChI=1S/C20H26F3N5OS.HI/c1-14-11-24-17(30-14)8-9-28(4)19(26-13-18(29)27(2)3)25-12-15-6-5-7-16(10-15)20(21,22)23;/h5-7,10-11H,8-9,12-13H2,1-4H3,(H,25,26);1H. The molecule has 0 aliphatic heterocycles. The van der Waals surface area contributed by atoms with Crippen LogP contribution in [0.1, 0.15) is 21.0 Å². The minimum Gasteiger partial charge on any atom is -0.347 e. The normalized spacial score (nSPS) is 11.6. The molecule has 11 heteroatoms. The van der Waals surface area contributed by atoms with Crippen LogP contribution in [0.3, 0.4) is 0 Å². The molecule has 1 aromatic heterocycles. The number of hydrogen-bond donors (Lipinski definition) is 1. The van der Waals surface area contributed by atoms with Crippen LogP contribution in [0.2, 0.25) is 0 Å². The number of benzene rings is 1. The summed E-state index contributed by atoms with van der Waals surface area (Å²) in [5, 5.41) is 3.99. The van der Waals surface area contributed by atoms with Gasteiger partial charge in [-0.05, 0) is 24.6 Å². The van der Waals surface area contributed by atoms with Crippen LogP contribution in [0.15, 0.2) is 35.5 Å². The van der Waals surface area contributed by atoms with Crippen LogP contribution in [0.25, 0.3) is 0 Å². The van der Waals surface area contributed by atoms with E-state index in [9.17, 15) is 18.0 Å². The molecule has 0 radical (unpaired) electrons. The molecule has 0 saturated carbocycles. The van der Waals surface area contributed by atoms with Crippen molar-refractivity contribution in [3.05, 3.63) is 51.5 Å². The Morgan fingerprint density at radius 1 is 1.26 bits per heavy atom. The smallest absolute Gasteiger partial charge is 0.347 e. The van der Waals surface area contributed by atoms with Gasteiger partial charge in [0.1, 0.15) is 0 Å². The first-order chi connectivity index (χ1) is 14.1. The SMILES string of the molecule is Cc1cnc(CCN(C)C(=NCc2cccc(C(F)(F)F)c2)NCC(=O)N(C)C)s1.I. The molecule has 0 aliphatic carbocycles. The molecular weight excluding hydrogens is 542 g/mol. The van der Waals surface area contributed by atoms with Crippen LogP contribution < -0.4 is 5.32 Å². The number of nitrogens with one attached hydrogen (secondary N) is 1. The van der Waals surface area contributed by atoms with Gasteiger partial charge in [-0.3, -0.25) is 4.79 Å². The lowest BCUT2D eigenvalue weighted by Crippen LogP contribution is -2.44. The van der Waals surface area contributed by atoms with Crippen molar-refractivity contribution in [1.82, 2.24) is 20.1 Å². The molecule has 0 bridgehead atoms. The summed E-state index contributed by atoms with van der Waals surface area (Å²) in [6.45, 7) is 2.68. The monoisotopic (exact) mass is 569 g/mol. The highest BCUT2D eigenvalue weighted by Crippen LogP contribution is 2.29. The van der Waals surface area contributed by atoms with Gasteiger partial charge in [-0.15, -0.1) is 35.3 Å². The Balaban J connectivity index is 0.00000480. The Labute approximate surface area is 201 Å². The van der Waals surface area contributed by atoms with E-state index in [-0.39, 0.29) is 43.0 Å². The second kappa shape index (κ2) is 12.2. The number of amides is 1. The molecule has 2 aromatic rings. The number of carbonyl (C=O) groups excluding carboxylic acids is 1. The lowest BCUT2D eigenvalue weighted by Gasteiger charge is -2.23. The van der Waals surface area contributed by atoms with Gasteiger partial charge in [0.25, 0.3) is 0 Å². The molecule has 0 fully saturated rings. The Kier molecular flexibility index (Phi) is 10.7. The first-order valence-electron chi connectivity index (χ1n) is 9.33. The molecule has 1 N–H and O–H groups in total. The maximum Gasteiger partial charge on any atom is 0.416 e. The summed E-state index contributed by atoms with van der Waals surface area (Å²) in [4.78, 5) is 25.1. The zero-order chi connectivity index (χ0) is 22.3. The molecule has 1 aromatic carbocycles. The van der Waals surface area contributed by atoms with E-state index in [4.69, 9.17) is 0 Å². The molecule has 1 amide bonds. The number of thiazole rings is 1. The summed E-state index contributed by atoms with van der Waals surface area (Å²) < 4.78 is 38.8. The predicted molar refractivity (Wildman–Crippen MR) is 128 cm³/mol. The first kappa shape index (κ1) is 27.1. The molecule has 1 heterocycles. The van der Waals surface area contributed by atoms with Gasteiger partial charge in [0.15, 0.2) is 5.96 Å². The third kappa shape index (κ3) is 9.01. The van der Waals surface area contributed by atoms with Gasteiger partial charge in [-0.1, -0.05) is 12.1 Å². The van der Waals surface area contributed by atoms with Gasteiger partial charge in [0, 0.05) is 45.2 Å². The predicted octanol–water partition coefficient (Wildman–Crippen LogP) is 3.80. The van der Waals surface area contributed by atoms with Crippen molar-refractivity contribution in [3.8, 4) is 0 Å². The van der Waals surface area contributed by atoms with Gasteiger partial charge in [-0.25, -0.2) is 9.98 Å². The fourth-order valence-corrected chi connectivity index (χ4v) is 3.30. The van der Waals surface area contributed by atoms with Gasteiger partial charge >= 0.3 is 6.18 Å². The summed E-state index contributed by atoms with van der Waals surface area (Å²) in [5.41, 5.74) is -0.271. The molecule has 172 valence electrons. The minimum atomic E-state index is -4.40. The van der Waals surface area contributed by atoms with Gasteiger partial charge in [-0.2, -0.15) is 13.2 Å². The average molecular weight is 569 g/mol. The molecule has 0 unspecified atom stereocenters. The number of rotatable bonds is 7. The number of aromatic nitrogens is 1. The number of aliphatic imine (C=N–C) groups is 1. The van der Waals surface area contributed by atoms with E-state index < -0.39 is 11.7 Å². The maximum atomic E-state index is 12.9. The maximum absolute atomic E-state index is 12.9. The number of aryl methyl sites for hydroxylation is 1. The topological polar surface area (TPSA) is 60.8 Å². The molecule has 31 heavy (non-hydrogen) atoms. The van der Waals surface area contributed by atoms with Crippen molar-refractivity contribution >= 4 is 47.2 Å². The Hall–Kier alpha value is -1.89. The quantitative estimate of drug-likeness (QED) is 0.313. The fraction of sp³-hybridized carbons (Fsp3) is 0.450. The number of halogens is 4. The van der Waals surface area contributed by atoms with Crippen LogP contribution in [-0.2, 0) is 23.9 Å². The van der Waals surface area contributed by atoms with Crippen molar-refractivity contribution < 1.29 is 18.0 Å². The summed E-state index contributed by atoms with van der Waals surface area (Å²) in [5.74, 6) is 0.307. The number of nitrogens with zero attached hydrogens (tertiary/aromatic N) is 4. The van der Waals surface area contributed by atoms with E-state index in [0.29, 0.717) is 24.5 Å². The van der Waals surface area contributed by atoms with Crippen LogP contribution in [0, 0.1) is 6.92 Å². The van der Waals surface area contributed by atoms with E-state index in [1.54, 1.807) is 31.5 Å². The number of alkyl halides is 3. The zero-order valence-electron chi connectivity index (χ0n) is 17.9. The van der Waals surface area contributed by atoms with Crippen LogP contribution in [0.5, 0.6) is 0 Å². The molecule has 6 nitrogen and oxygen atoms in total. The minimum absolute atomic E-state index is 0. The van der Waals surface area contributed by atoms with Crippen LogP contribution in [-0.4, -0.2) is 60.9 Å². The zero-order valence-corrected chi connectivity index (χ0v) is 21.0. The van der Waals surface area contributed by atoms with Crippen molar-refractivity contribution in [3.63, 3.8) is 0 Å². The average Bonchev–Trinajstić information content (AvgIpc) is 3.10. The number of guanidine groups is 1. The van der Waals surface area contributed by atoms with Crippen LogP contribution in [0.4, 0.5) is 13.2 Å². The van der Waals surface area contributed by atoms with Crippen LogP contribution >= 0.6 is 35.3 Å². The van der Waals surface area contributed by atoms with E-state index in [2.05, 4.69) is 15.3 Å². The number of likely N-dealkylation sites (N-methyl/N-ethyl adjacent to an activating group) is 2. The molecule has 0 aliphatic rings. The molecule has 0 saturated heterocycles. The molecular formula is C20H27F3IN5OS. The summed E-state index contributed by atoms with van der Waals surface area (Å²) in [6.07, 6.45) is -1.89. The van der Waals surface area contributed by atoms with E-state index in [1.807, 2.05) is 25.1 Å². The Morgan fingerprint density at radius 2 is 1.97 bits per heavy atom. The number of carbonyl (C=O) groups is 1. The largest absolute Gasteiger partial charge is 0.416 e. The summed E-state index contributed by atoms with van der Waals surface area (Å²) in [7, 11) is 5.12. The van der Waals surface area contributed by atoms with E-state index >= 15 is 0 Å². The fourth-order valence-electron chi connectivity index (χ4n) is 2.52. The van der Waals surface area contributed by atoms with Crippen molar-refractivity contribution in [2.24, 2.45) is 4.99 Å². The van der Waals surface area contributed by atoms with Crippen molar-refractivity contribution in [2.75, 3.05) is 34.2 Å². The van der Waals surface area contributed by atoms with E-state index in [1.165, 1.54) is 11.0 Å². The highest BCUT2D eigenvalue weighted by molar-refractivity contribution is 14.0. The van der Waals surface area contributed by atoms with Gasteiger partial charge in [0.05, 0.1) is 23.7 Å². The highest BCUT2D eigenvalue weighted by atomic mass is 127.